The van der Waals surface area contributed by atoms with Crippen molar-refractivity contribution in [1.82, 2.24) is 19.8 Å². The topological polar surface area (TPSA) is 155 Å². The van der Waals surface area contributed by atoms with E-state index in [1.807, 2.05) is 60.9 Å². The summed E-state index contributed by atoms with van der Waals surface area (Å²) >= 11 is 3.43. The molecule has 4 aromatic carbocycles. The van der Waals surface area contributed by atoms with Crippen molar-refractivity contribution in [3.63, 3.8) is 0 Å². The standard InChI is InChI=1S/C27H32N4O3S.C22H24N4OS/c1-27(2,3)34-26(33)30-23-10-6-5-9-22(23)29-24(32)19-11-13-20(14-12-19)25-28-17-21(35-25)18-31-15-7-4-8-16-31;23-19-6-2-3-7-20(19)25-21(27)16-8-10-17(11-9-16)22-24-14-18(28-22)15-26-12-4-1-5-13-26/h5-6,9-14,17H,4,7-8,15-16,18H2,1-3H3,(H,29,32)(H,30,33);2-3,6-11,14H,1,4-5,12-13,15,23H2,(H,25,27). The molecule has 0 saturated carbocycles. The number of nitrogens with two attached hydrogens (primary N) is 1. The van der Waals surface area contributed by atoms with Crippen LogP contribution in [0.1, 0.15) is 89.8 Å². The number of hydrogen-bond acceptors (Lipinski definition) is 11. The van der Waals surface area contributed by atoms with Gasteiger partial charge in [-0.3, -0.25) is 24.7 Å². The van der Waals surface area contributed by atoms with Gasteiger partial charge in [0.25, 0.3) is 11.8 Å². The lowest BCUT2D eigenvalue weighted by molar-refractivity contribution is 0.0635. The van der Waals surface area contributed by atoms with E-state index in [2.05, 4.69) is 35.7 Å². The van der Waals surface area contributed by atoms with E-state index in [1.54, 1.807) is 92.0 Å². The van der Waals surface area contributed by atoms with Gasteiger partial charge in [0, 0.05) is 57.5 Å². The SMILES string of the molecule is CC(C)(C)OC(=O)Nc1ccccc1NC(=O)c1ccc(-c2ncc(CN3CCCCC3)s2)cc1.Nc1ccccc1NC(=O)c1ccc(-c2ncc(CN3CCCCC3)s2)cc1. The minimum atomic E-state index is -0.615. The summed E-state index contributed by atoms with van der Waals surface area (Å²) in [4.78, 5) is 54.2. The van der Waals surface area contributed by atoms with Crippen LogP contribution in [0.4, 0.5) is 27.5 Å². The molecule has 0 bridgehead atoms. The highest BCUT2D eigenvalue weighted by Crippen LogP contribution is 2.30. The van der Waals surface area contributed by atoms with Gasteiger partial charge in [0.05, 0.1) is 22.7 Å². The van der Waals surface area contributed by atoms with Crippen molar-refractivity contribution in [2.75, 3.05) is 47.9 Å². The largest absolute Gasteiger partial charge is 0.444 e. The average molecular weight is 885 g/mol. The van der Waals surface area contributed by atoms with Crippen LogP contribution in [0.2, 0.25) is 0 Å². The third-order valence-corrected chi connectivity index (χ3v) is 12.6. The number of aromatic nitrogens is 2. The summed E-state index contributed by atoms with van der Waals surface area (Å²) in [6.07, 6.45) is 11.2. The second kappa shape index (κ2) is 21.4. The number of nitrogen functional groups attached to an aromatic ring is 1. The van der Waals surface area contributed by atoms with Gasteiger partial charge in [0.1, 0.15) is 15.6 Å². The lowest BCUT2D eigenvalue weighted by Gasteiger charge is -2.25. The molecule has 14 heteroatoms. The molecule has 2 aliphatic rings. The zero-order chi connectivity index (χ0) is 44.2. The Hall–Kier alpha value is -5.93. The van der Waals surface area contributed by atoms with E-state index >= 15 is 0 Å². The minimum absolute atomic E-state index is 0.172. The molecule has 5 N–H and O–H groups in total. The van der Waals surface area contributed by atoms with Crippen LogP contribution in [0.15, 0.2) is 109 Å². The van der Waals surface area contributed by atoms with Crippen LogP contribution in [0, 0.1) is 0 Å². The van der Waals surface area contributed by atoms with E-state index in [0.29, 0.717) is 33.9 Å². The van der Waals surface area contributed by atoms with Crippen LogP contribution < -0.4 is 21.7 Å². The highest BCUT2D eigenvalue weighted by Gasteiger charge is 2.19. The number of benzene rings is 4. The van der Waals surface area contributed by atoms with Crippen molar-refractivity contribution in [2.45, 2.75) is 78.0 Å². The number of nitrogens with one attached hydrogen (secondary N) is 3. The lowest BCUT2D eigenvalue weighted by Crippen LogP contribution is -2.28. The van der Waals surface area contributed by atoms with E-state index in [1.165, 1.54) is 61.4 Å². The number of ether oxygens (including phenoxy) is 1. The number of hydrogen-bond donors (Lipinski definition) is 4. The van der Waals surface area contributed by atoms with Crippen molar-refractivity contribution in [1.29, 1.82) is 0 Å². The summed E-state index contributed by atoms with van der Waals surface area (Å²) in [6, 6.07) is 29.3. The second-order valence-electron chi connectivity index (χ2n) is 16.8. The number of carbonyl (C=O) groups is 3. The molecule has 4 heterocycles. The van der Waals surface area contributed by atoms with Crippen molar-refractivity contribution in [3.8, 4) is 21.1 Å². The molecule has 328 valence electrons. The molecule has 0 aliphatic carbocycles. The minimum Gasteiger partial charge on any atom is -0.444 e. The summed E-state index contributed by atoms with van der Waals surface area (Å²) in [6.45, 7) is 12.0. The molecule has 0 spiro atoms. The van der Waals surface area contributed by atoms with Gasteiger partial charge in [-0.15, -0.1) is 22.7 Å². The molecular weight excluding hydrogens is 829 g/mol. The van der Waals surface area contributed by atoms with Crippen molar-refractivity contribution < 1.29 is 19.1 Å². The van der Waals surface area contributed by atoms with Crippen LogP contribution in [-0.4, -0.2) is 69.5 Å². The average Bonchev–Trinajstić information content (AvgIpc) is 3.96. The molecule has 8 rings (SSSR count). The van der Waals surface area contributed by atoms with E-state index < -0.39 is 11.7 Å². The van der Waals surface area contributed by atoms with Crippen LogP contribution in [0.25, 0.3) is 21.1 Å². The van der Waals surface area contributed by atoms with E-state index in [9.17, 15) is 14.4 Å². The maximum atomic E-state index is 12.9. The van der Waals surface area contributed by atoms with Crippen molar-refractivity contribution in [3.05, 3.63) is 130 Å². The predicted molar refractivity (Wildman–Crippen MR) is 256 cm³/mol. The van der Waals surface area contributed by atoms with Gasteiger partial charge in [-0.2, -0.15) is 0 Å². The zero-order valence-electron chi connectivity index (χ0n) is 36.2. The molecule has 0 unspecified atom stereocenters. The number of carbonyl (C=O) groups excluding carboxylic acids is 3. The number of piperidine rings is 2. The number of nitrogens with zero attached hydrogens (tertiary/aromatic N) is 4. The Labute approximate surface area is 377 Å². The van der Waals surface area contributed by atoms with E-state index in [4.69, 9.17) is 10.5 Å². The molecule has 3 amide bonds. The third-order valence-electron chi connectivity index (χ3n) is 10.6. The van der Waals surface area contributed by atoms with Gasteiger partial charge < -0.3 is 21.1 Å². The van der Waals surface area contributed by atoms with E-state index in [0.717, 1.165) is 47.3 Å². The van der Waals surface area contributed by atoms with Gasteiger partial charge in [-0.05, 0) is 121 Å². The Balaban J connectivity index is 0.000000193. The van der Waals surface area contributed by atoms with Gasteiger partial charge in [-0.25, -0.2) is 14.8 Å². The number of thiazole rings is 2. The number of likely N-dealkylation sites (tertiary alicyclic amines) is 2. The van der Waals surface area contributed by atoms with Gasteiger partial charge >= 0.3 is 6.09 Å². The summed E-state index contributed by atoms with van der Waals surface area (Å²) in [7, 11) is 0. The molecule has 2 aliphatic heterocycles. The van der Waals surface area contributed by atoms with Crippen LogP contribution in [0.3, 0.4) is 0 Å². The Kier molecular flexibility index (Phi) is 15.3. The van der Waals surface area contributed by atoms with Crippen LogP contribution in [-0.2, 0) is 17.8 Å². The third kappa shape index (κ3) is 13.3. The Morgan fingerprint density at radius 1 is 0.587 bits per heavy atom. The molecule has 2 saturated heterocycles. The monoisotopic (exact) mass is 884 g/mol. The number of anilines is 4. The smallest absolute Gasteiger partial charge is 0.412 e. The fourth-order valence-corrected chi connectivity index (χ4v) is 9.27. The molecule has 2 fully saturated rings. The van der Waals surface area contributed by atoms with Crippen LogP contribution in [0.5, 0.6) is 0 Å². The van der Waals surface area contributed by atoms with E-state index in [-0.39, 0.29) is 11.8 Å². The van der Waals surface area contributed by atoms with Gasteiger partial charge in [0.15, 0.2) is 0 Å². The first-order valence-corrected chi connectivity index (χ1v) is 23.2. The van der Waals surface area contributed by atoms with Crippen molar-refractivity contribution in [2.24, 2.45) is 0 Å². The Morgan fingerprint density at radius 3 is 1.44 bits per heavy atom. The fraction of sp³-hybridized carbons (Fsp3) is 0.327. The quantitative estimate of drug-likeness (QED) is 0.0931. The summed E-state index contributed by atoms with van der Waals surface area (Å²) in [5.74, 6) is -0.436. The Bertz CT molecular complexity index is 2450. The highest BCUT2D eigenvalue weighted by atomic mass is 32.1. The Morgan fingerprint density at radius 2 is 1.00 bits per heavy atom. The molecule has 0 radical (unpaired) electrons. The summed E-state index contributed by atoms with van der Waals surface area (Å²) in [5, 5.41) is 10.4. The zero-order valence-corrected chi connectivity index (χ0v) is 37.8. The maximum absolute atomic E-state index is 12.9. The molecule has 63 heavy (non-hydrogen) atoms. The lowest BCUT2D eigenvalue weighted by atomic mass is 10.1. The molecule has 6 aromatic rings. The number of para-hydroxylation sites is 4. The maximum Gasteiger partial charge on any atom is 0.412 e. The number of rotatable bonds is 11. The van der Waals surface area contributed by atoms with Gasteiger partial charge in [-0.1, -0.05) is 61.4 Å². The first-order valence-electron chi connectivity index (χ1n) is 21.6. The first kappa shape index (κ1) is 45.1. The predicted octanol–water partition coefficient (Wildman–Crippen LogP) is 11.0. The normalized spacial score (nSPS) is 14.5. The molecular formula is C49H56N8O4S2. The first-order chi connectivity index (χ1) is 30.5. The number of amides is 3. The van der Waals surface area contributed by atoms with Gasteiger partial charge in [0.2, 0.25) is 0 Å². The second-order valence-corrected chi connectivity index (χ2v) is 19.0. The molecule has 0 atom stereocenters. The van der Waals surface area contributed by atoms with Crippen molar-refractivity contribution >= 4 is 63.3 Å². The fourth-order valence-electron chi connectivity index (χ4n) is 7.35. The summed E-state index contributed by atoms with van der Waals surface area (Å²) in [5.41, 5.74) is 10.6. The molecule has 12 nitrogen and oxygen atoms in total. The highest BCUT2D eigenvalue weighted by molar-refractivity contribution is 7.15. The molecule has 2 aromatic heterocycles. The summed E-state index contributed by atoms with van der Waals surface area (Å²) < 4.78 is 5.32. The van der Waals surface area contributed by atoms with Crippen LogP contribution >= 0.6 is 22.7 Å².